The molecule has 0 aromatic heterocycles. The van der Waals surface area contributed by atoms with E-state index in [0.717, 1.165) is 0 Å². The van der Waals surface area contributed by atoms with Crippen LogP contribution in [0.15, 0.2) is 30.9 Å². The molecule has 0 bridgehead atoms. The number of imide groups is 1. The van der Waals surface area contributed by atoms with Crippen molar-refractivity contribution in [2.24, 2.45) is 5.92 Å². The van der Waals surface area contributed by atoms with Crippen molar-refractivity contribution in [3.63, 3.8) is 0 Å². The number of hydrogen-bond donors (Lipinski definition) is 3. The van der Waals surface area contributed by atoms with Crippen molar-refractivity contribution >= 4 is 23.8 Å². The molecule has 1 aromatic rings. The second-order valence-electron chi connectivity index (χ2n) is 6.45. The molecular formula is C20H27N3O7. The third-order valence-electron chi connectivity index (χ3n) is 3.83. The van der Waals surface area contributed by atoms with Gasteiger partial charge in [0.25, 0.3) is 11.8 Å². The van der Waals surface area contributed by atoms with E-state index in [1.54, 1.807) is 19.9 Å². The number of urea groups is 1. The van der Waals surface area contributed by atoms with E-state index in [-0.39, 0.29) is 18.0 Å². The van der Waals surface area contributed by atoms with Crippen LogP contribution in [0, 0.1) is 5.92 Å². The summed E-state index contributed by atoms with van der Waals surface area (Å²) in [5.41, 5.74) is 0.223. The number of methoxy groups -OCH3 is 2. The zero-order chi connectivity index (χ0) is 22.7. The second-order valence-corrected chi connectivity index (χ2v) is 6.45. The van der Waals surface area contributed by atoms with Crippen molar-refractivity contribution in [2.75, 3.05) is 27.4 Å². The van der Waals surface area contributed by atoms with Crippen LogP contribution in [0.5, 0.6) is 11.5 Å². The van der Waals surface area contributed by atoms with E-state index in [1.165, 1.54) is 32.4 Å². The van der Waals surface area contributed by atoms with Crippen LogP contribution >= 0.6 is 0 Å². The molecule has 1 rings (SSSR count). The largest absolute Gasteiger partial charge is 0.497 e. The number of nitrogens with one attached hydrogen (secondary N) is 3. The van der Waals surface area contributed by atoms with Crippen LogP contribution in [0.4, 0.5) is 4.79 Å². The van der Waals surface area contributed by atoms with Crippen molar-refractivity contribution in [2.45, 2.75) is 19.9 Å². The lowest BCUT2D eigenvalue weighted by Crippen LogP contribution is -2.47. The third kappa shape index (κ3) is 7.82. The Hall–Kier alpha value is -3.56. The molecule has 0 aliphatic rings. The number of esters is 1. The summed E-state index contributed by atoms with van der Waals surface area (Å²) in [6, 6.07) is 2.84. The maximum Gasteiger partial charge on any atom is 0.329 e. The maximum absolute atomic E-state index is 12.6. The van der Waals surface area contributed by atoms with Gasteiger partial charge in [0, 0.05) is 18.2 Å². The van der Waals surface area contributed by atoms with Gasteiger partial charge in [0.15, 0.2) is 6.61 Å². The molecule has 164 valence electrons. The first-order valence-corrected chi connectivity index (χ1v) is 9.11. The first-order valence-electron chi connectivity index (χ1n) is 9.11. The topological polar surface area (TPSA) is 132 Å². The molecule has 4 amide bonds. The molecule has 10 heteroatoms. The average Bonchev–Trinajstić information content (AvgIpc) is 2.73. The highest BCUT2D eigenvalue weighted by molar-refractivity contribution is 5.98. The second kappa shape index (κ2) is 12.1. The predicted molar refractivity (Wildman–Crippen MR) is 108 cm³/mol. The Bertz CT molecular complexity index is 770. The summed E-state index contributed by atoms with van der Waals surface area (Å²) in [4.78, 5) is 48.1. The zero-order valence-electron chi connectivity index (χ0n) is 17.4. The van der Waals surface area contributed by atoms with Gasteiger partial charge in [0.1, 0.15) is 17.5 Å². The van der Waals surface area contributed by atoms with Crippen LogP contribution in [0.2, 0.25) is 0 Å². The summed E-state index contributed by atoms with van der Waals surface area (Å²) in [6.07, 6.45) is 1.44. The van der Waals surface area contributed by atoms with Gasteiger partial charge in [-0.2, -0.15) is 0 Å². The normalized spacial score (nSPS) is 11.1. The molecular weight excluding hydrogens is 394 g/mol. The van der Waals surface area contributed by atoms with Gasteiger partial charge in [-0.05, 0) is 18.1 Å². The minimum absolute atomic E-state index is 0.176. The molecule has 3 N–H and O–H groups in total. The van der Waals surface area contributed by atoms with E-state index in [4.69, 9.17) is 14.2 Å². The molecule has 0 spiro atoms. The van der Waals surface area contributed by atoms with E-state index in [0.29, 0.717) is 11.5 Å². The molecule has 0 aliphatic heterocycles. The molecule has 0 saturated heterocycles. The molecule has 30 heavy (non-hydrogen) atoms. The number of benzene rings is 1. The van der Waals surface area contributed by atoms with Gasteiger partial charge in [0.05, 0.1) is 14.2 Å². The van der Waals surface area contributed by atoms with E-state index in [2.05, 4.69) is 17.2 Å². The molecule has 1 atom stereocenters. The van der Waals surface area contributed by atoms with Crippen molar-refractivity contribution in [1.82, 2.24) is 16.0 Å². The zero-order valence-corrected chi connectivity index (χ0v) is 17.4. The number of ether oxygens (including phenoxy) is 3. The van der Waals surface area contributed by atoms with Gasteiger partial charge in [-0.15, -0.1) is 6.58 Å². The third-order valence-corrected chi connectivity index (χ3v) is 3.83. The Labute approximate surface area is 174 Å². The SMILES string of the molecule is C=CCNC(=O)NC(=O)COC(=O)[C@@H](NC(=O)c1cc(OC)cc(OC)c1)C(C)C. The molecule has 0 saturated carbocycles. The van der Waals surface area contributed by atoms with Crippen LogP contribution < -0.4 is 25.4 Å². The fraction of sp³-hybridized carbons (Fsp3) is 0.400. The molecule has 0 heterocycles. The Balaban J connectivity index is 2.74. The van der Waals surface area contributed by atoms with Crippen LogP contribution in [0.3, 0.4) is 0 Å². The molecule has 10 nitrogen and oxygen atoms in total. The summed E-state index contributed by atoms with van der Waals surface area (Å²) >= 11 is 0. The van der Waals surface area contributed by atoms with Crippen molar-refractivity contribution in [1.29, 1.82) is 0 Å². The standard InChI is InChI=1S/C20H27N3O7/c1-6-7-21-20(27)22-16(24)11-30-19(26)17(12(2)3)23-18(25)13-8-14(28-4)10-15(9-13)29-5/h6,8-10,12,17H,1,7,11H2,2-5H3,(H,23,25)(H2,21,22,24,27)/t17-/m0/s1. The minimum Gasteiger partial charge on any atom is -0.497 e. The quantitative estimate of drug-likeness (QED) is 0.379. The maximum atomic E-state index is 12.6. The van der Waals surface area contributed by atoms with Gasteiger partial charge < -0.3 is 24.8 Å². The van der Waals surface area contributed by atoms with Gasteiger partial charge in [-0.25, -0.2) is 9.59 Å². The highest BCUT2D eigenvalue weighted by Crippen LogP contribution is 2.22. The first kappa shape index (κ1) is 24.5. The number of rotatable bonds is 10. The first-order chi connectivity index (χ1) is 14.2. The predicted octanol–water partition coefficient (Wildman–Crippen LogP) is 1.01. The monoisotopic (exact) mass is 421 g/mol. The fourth-order valence-corrected chi connectivity index (χ4v) is 2.26. The molecule has 0 fully saturated rings. The number of hydrogen-bond acceptors (Lipinski definition) is 7. The fourth-order valence-electron chi connectivity index (χ4n) is 2.26. The summed E-state index contributed by atoms with van der Waals surface area (Å²) in [7, 11) is 2.90. The van der Waals surface area contributed by atoms with E-state index in [1.807, 2.05) is 5.32 Å². The van der Waals surface area contributed by atoms with Gasteiger partial charge in [-0.1, -0.05) is 19.9 Å². The molecule has 0 radical (unpaired) electrons. The van der Waals surface area contributed by atoms with Crippen LogP contribution in [-0.4, -0.2) is 57.2 Å². The molecule has 1 aromatic carbocycles. The summed E-state index contributed by atoms with van der Waals surface area (Å²) < 4.78 is 15.2. The Morgan fingerprint density at radius 1 is 1.07 bits per heavy atom. The Morgan fingerprint density at radius 2 is 1.67 bits per heavy atom. The van der Waals surface area contributed by atoms with E-state index in [9.17, 15) is 19.2 Å². The van der Waals surface area contributed by atoms with Crippen LogP contribution in [0.1, 0.15) is 24.2 Å². The Kier molecular flexibility index (Phi) is 9.87. The number of amides is 4. The summed E-state index contributed by atoms with van der Waals surface area (Å²) in [5, 5.41) is 6.93. The van der Waals surface area contributed by atoms with Crippen molar-refractivity contribution in [3.05, 3.63) is 36.4 Å². The number of carbonyl (C=O) groups excluding carboxylic acids is 4. The lowest BCUT2D eigenvalue weighted by molar-refractivity contribution is -0.151. The Morgan fingerprint density at radius 3 is 2.17 bits per heavy atom. The van der Waals surface area contributed by atoms with Crippen LogP contribution in [-0.2, 0) is 14.3 Å². The van der Waals surface area contributed by atoms with Gasteiger partial charge >= 0.3 is 12.0 Å². The summed E-state index contributed by atoms with van der Waals surface area (Å²) in [6.45, 7) is 6.35. The van der Waals surface area contributed by atoms with Gasteiger partial charge in [-0.3, -0.25) is 14.9 Å². The van der Waals surface area contributed by atoms with E-state index >= 15 is 0 Å². The summed E-state index contributed by atoms with van der Waals surface area (Å²) in [5.74, 6) is -1.67. The number of carbonyl (C=O) groups is 4. The van der Waals surface area contributed by atoms with Gasteiger partial charge in [0.2, 0.25) is 0 Å². The van der Waals surface area contributed by atoms with Crippen molar-refractivity contribution < 1.29 is 33.4 Å². The van der Waals surface area contributed by atoms with E-state index < -0.39 is 36.5 Å². The highest BCUT2D eigenvalue weighted by Gasteiger charge is 2.27. The lowest BCUT2D eigenvalue weighted by Gasteiger charge is -2.21. The average molecular weight is 421 g/mol. The van der Waals surface area contributed by atoms with Crippen LogP contribution in [0.25, 0.3) is 0 Å². The minimum atomic E-state index is -1.02. The lowest BCUT2D eigenvalue weighted by atomic mass is 10.0. The molecule has 0 unspecified atom stereocenters. The molecule has 0 aliphatic carbocycles. The van der Waals surface area contributed by atoms with Crippen molar-refractivity contribution in [3.8, 4) is 11.5 Å². The highest BCUT2D eigenvalue weighted by atomic mass is 16.5. The smallest absolute Gasteiger partial charge is 0.329 e.